The molecule has 0 aliphatic carbocycles. The minimum Gasteiger partial charge on any atom is -0.459 e. The highest BCUT2D eigenvalue weighted by Gasteiger charge is 2.18. The predicted octanol–water partition coefficient (Wildman–Crippen LogP) is 3.60. The van der Waals surface area contributed by atoms with E-state index in [0.717, 1.165) is 23.1 Å². The van der Waals surface area contributed by atoms with Gasteiger partial charge in [0.25, 0.3) is 0 Å². The van der Waals surface area contributed by atoms with Crippen LogP contribution in [0.1, 0.15) is 39.0 Å². The van der Waals surface area contributed by atoms with Crippen molar-refractivity contribution in [2.24, 2.45) is 0 Å². The number of rotatable bonds is 3. The second kappa shape index (κ2) is 5.68. The highest BCUT2D eigenvalue weighted by atomic mass is 16.6. The smallest absolute Gasteiger partial charge is 0.407 e. The Kier molecular flexibility index (Phi) is 4.11. The maximum atomic E-state index is 11.8. The Balaban J connectivity index is 2.22. The number of nitrogen functional groups attached to an aromatic ring is 1. The summed E-state index contributed by atoms with van der Waals surface area (Å²) < 4.78 is 11.0. The molecular weight excluding hydrogens is 268 g/mol. The molecule has 0 unspecified atom stereocenters. The van der Waals surface area contributed by atoms with Crippen LogP contribution < -0.4 is 11.1 Å². The summed E-state index contributed by atoms with van der Waals surface area (Å²) in [7, 11) is 0. The molecule has 0 saturated heterocycles. The van der Waals surface area contributed by atoms with Crippen molar-refractivity contribution in [2.75, 3.05) is 5.73 Å². The zero-order valence-electron chi connectivity index (χ0n) is 12.9. The molecule has 1 aromatic heterocycles. The molecule has 1 aromatic carbocycles. The highest BCUT2D eigenvalue weighted by Crippen LogP contribution is 2.30. The summed E-state index contributed by atoms with van der Waals surface area (Å²) in [5, 5.41) is 3.70. The van der Waals surface area contributed by atoms with Crippen molar-refractivity contribution < 1.29 is 13.9 Å². The molecule has 0 aliphatic heterocycles. The lowest BCUT2D eigenvalue weighted by Gasteiger charge is -2.19. The highest BCUT2D eigenvalue weighted by molar-refractivity contribution is 5.91. The number of alkyl carbamates (subject to hydrolysis) is 1. The van der Waals surface area contributed by atoms with Gasteiger partial charge in [-0.15, -0.1) is 0 Å². The van der Waals surface area contributed by atoms with Crippen molar-refractivity contribution in [3.63, 3.8) is 0 Å². The van der Waals surface area contributed by atoms with Gasteiger partial charge in [-0.05, 0) is 26.8 Å². The third-order valence-electron chi connectivity index (χ3n) is 3.06. The zero-order valence-corrected chi connectivity index (χ0v) is 12.9. The van der Waals surface area contributed by atoms with E-state index < -0.39 is 11.7 Å². The fourth-order valence-corrected chi connectivity index (χ4v) is 2.20. The van der Waals surface area contributed by atoms with Crippen LogP contribution in [0.2, 0.25) is 0 Å². The monoisotopic (exact) mass is 290 g/mol. The van der Waals surface area contributed by atoms with Gasteiger partial charge in [-0.1, -0.05) is 19.1 Å². The summed E-state index contributed by atoms with van der Waals surface area (Å²) in [4.78, 5) is 11.8. The Morgan fingerprint density at radius 2 is 2.10 bits per heavy atom. The van der Waals surface area contributed by atoms with Gasteiger partial charge in [-0.2, -0.15) is 0 Å². The van der Waals surface area contributed by atoms with Gasteiger partial charge < -0.3 is 20.2 Å². The van der Waals surface area contributed by atoms with E-state index in [1.165, 1.54) is 0 Å². The fourth-order valence-electron chi connectivity index (χ4n) is 2.20. The number of fused-ring (bicyclic) bond motifs is 1. The molecule has 1 amide bonds. The number of furan rings is 1. The van der Waals surface area contributed by atoms with Crippen LogP contribution in [0.15, 0.2) is 22.6 Å². The average Bonchev–Trinajstić information content (AvgIpc) is 2.73. The summed E-state index contributed by atoms with van der Waals surface area (Å²) in [6.45, 7) is 7.85. The molecule has 0 spiro atoms. The molecule has 0 radical (unpaired) electrons. The van der Waals surface area contributed by atoms with Crippen molar-refractivity contribution in [1.82, 2.24) is 5.32 Å². The lowest BCUT2D eigenvalue weighted by Crippen LogP contribution is -2.32. The van der Waals surface area contributed by atoms with Crippen molar-refractivity contribution in [3.8, 4) is 0 Å². The first kappa shape index (κ1) is 15.2. The van der Waals surface area contributed by atoms with Crippen LogP contribution >= 0.6 is 0 Å². The number of hydrogen-bond acceptors (Lipinski definition) is 4. The number of amides is 1. The molecule has 0 aliphatic rings. The number of carbonyl (C=O) groups excluding carboxylic acids is 1. The van der Waals surface area contributed by atoms with E-state index in [1.807, 2.05) is 39.8 Å². The number of benzene rings is 1. The fraction of sp³-hybridized carbons (Fsp3) is 0.438. The van der Waals surface area contributed by atoms with E-state index in [4.69, 9.17) is 14.9 Å². The summed E-state index contributed by atoms with van der Waals surface area (Å²) in [5.41, 5.74) is 7.64. The van der Waals surface area contributed by atoms with E-state index in [-0.39, 0.29) is 0 Å². The number of ether oxygens (including phenoxy) is 1. The Morgan fingerprint density at radius 1 is 1.38 bits per heavy atom. The summed E-state index contributed by atoms with van der Waals surface area (Å²) in [6.07, 6.45) is 0.294. The molecule has 2 aromatic rings. The number of nitrogens with two attached hydrogens (primary N) is 1. The molecule has 3 N–H and O–H groups in total. The number of aryl methyl sites for hydroxylation is 1. The minimum absolute atomic E-state index is 0.356. The van der Waals surface area contributed by atoms with Crippen LogP contribution in [0.25, 0.3) is 11.0 Å². The van der Waals surface area contributed by atoms with Crippen LogP contribution in [0, 0.1) is 0 Å². The predicted molar refractivity (Wildman–Crippen MR) is 83.1 cm³/mol. The maximum Gasteiger partial charge on any atom is 0.407 e. The lowest BCUT2D eigenvalue weighted by atomic mass is 10.1. The molecule has 2 rings (SSSR count). The van der Waals surface area contributed by atoms with Crippen LogP contribution in [0.4, 0.5) is 10.5 Å². The molecule has 0 atom stereocenters. The van der Waals surface area contributed by atoms with Crippen molar-refractivity contribution in [2.45, 2.75) is 46.3 Å². The van der Waals surface area contributed by atoms with Gasteiger partial charge in [-0.3, -0.25) is 0 Å². The molecule has 114 valence electrons. The van der Waals surface area contributed by atoms with Crippen LogP contribution in [0.3, 0.4) is 0 Å². The van der Waals surface area contributed by atoms with Gasteiger partial charge in [0.15, 0.2) is 5.58 Å². The first-order chi connectivity index (χ1) is 9.81. The Labute approximate surface area is 124 Å². The van der Waals surface area contributed by atoms with Gasteiger partial charge in [0.05, 0.1) is 12.2 Å². The largest absolute Gasteiger partial charge is 0.459 e. The molecule has 21 heavy (non-hydrogen) atoms. The Hall–Kier alpha value is -2.17. The number of hydrogen-bond donors (Lipinski definition) is 2. The van der Waals surface area contributed by atoms with Gasteiger partial charge in [0, 0.05) is 17.4 Å². The zero-order chi connectivity index (χ0) is 15.6. The van der Waals surface area contributed by atoms with Crippen molar-refractivity contribution in [3.05, 3.63) is 29.5 Å². The Bertz CT molecular complexity index is 653. The SMILES string of the molecule is CCc1oc2c(N)cccc2c1CNC(=O)OC(C)(C)C. The molecule has 5 nitrogen and oxygen atoms in total. The van der Waals surface area contributed by atoms with E-state index in [0.29, 0.717) is 17.8 Å². The molecule has 0 fully saturated rings. The first-order valence-corrected chi connectivity index (χ1v) is 7.07. The van der Waals surface area contributed by atoms with Crippen molar-refractivity contribution >= 4 is 22.7 Å². The second-order valence-corrected chi connectivity index (χ2v) is 5.94. The molecule has 0 saturated carbocycles. The molecule has 1 heterocycles. The topological polar surface area (TPSA) is 77.5 Å². The third kappa shape index (κ3) is 3.48. The van der Waals surface area contributed by atoms with E-state index in [1.54, 1.807) is 6.07 Å². The van der Waals surface area contributed by atoms with E-state index >= 15 is 0 Å². The molecular formula is C16H22N2O3. The van der Waals surface area contributed by atoms with Gasteiger partial charge in [0.2, 0.25) is 0 Å². The van der Waals surface area contributed by atoms with Crippen LogP contribution in [-0.2, 0) is 17.7 Å². The number of nitrogens with one attached hydrogen (secondary N) is 1. The number of anilines is 1. The average molecular weight is 290 g/mol. The second-order valence-electron chi connectivity index (χ2n) is 5.94. The quantitative estimate of drug-likeness (QED) is 0.847. The third-order valence-corrected chi connectivity index (χ3v) is 3.06. The molecule has 5 heteroatoms. The Morgan fingerprint density at radius 3 is 2.71 bits per heavy atom. The van der Waals surface area contributed by atoms with Gasteiger partial charge in [0.1, 0.15) is 11.4 Å². The summed E-state index contributed by atoms with van der Waals surface area (Å²) in [5.74, 6) is 0.832. The summed E-state index contributed by atoms with van der Waals surface area (Å²) >= 11 is 0. The normalized spacial score (nSPS) is 11.6. The van der Waals surface area contributed by atoms with E-state index in [2.05, 4.69) is 5.32 Å². The summed E-state index contributed by atoms with van der Waals surface area (Å²) in [6, 6.07) is 5.63. The van der Waals surface area contributed by atoms with Crippen LogP contribution in [0.5, 0.6) is 0 Å². The van der Waals surface area contributed by atoms with Gasteiger partial charge >= 0.3 is 6.09 Å². The lowest BCUT2D eigenvalue weighted by molar-refractivity contribution is 0.0523. The molecule has 0 bridgehead atoms. The number of carbonyl (C=O) groups is 1. The number of para-hydroxylation sites is 1. The maximum absolute atomic E-state index is 11.8. The van der Waals surface area contributed by atoms with Crippen molar-refractivity contribution in [1.29, 1.82) is 0 Å². The van der Waals surface area contributed by atoms with Gasteiger partial charge in [-0.25, -0.2) is 4.79 Å². The van der Waals surface area contributed by atoms with E-state index in [9.17, 15) is 4.79 Å². The van der Waals surface area contributed by atoms with Crippen LogP contribution in [-0.4, -0.2) is 11.7 Å². The standard InChI is InChI=1S/C16H22N2O3/c1-5-13-11(9-18-15(19)21-16(2,3)4)10-7-6-8-12(17)14(10)20-13/h6-8H,5,9,17H2,1-4H3,(H,18,19). The minimum atomic E-state index is -0.513. The first-order valence-electron chi connectivity index (χ1n) is 7.07.